The molecule has 0 unspecified atom stereocenters. The van der Waals surface area contributed by atoms with E-state index in [1.807, 2.05) is 91.0 Å². The van der Waals surface area contributed by atoms with Gasteiger partial charge in [0.05, 0.1) is 19.8 Å². The summed E-state index contributed by atoms with van der Waals surface area (Å²) in [5, 5.41) is 25.6. The molecule has 0 bridgehead atoms. The van der Waals surface area contributed by atoms with Crippen molar-refractivity contribution in [1.82, 2.24) is 0 Å². The van der Waals surface area contributed by atoms with Gasteiger partial charge in [0.15, 0.2) is 0 Å². The first kappa shape index (κ1) is 43.7. The molecule has 0 aliphatic heterocycles. The fourth-order valence-corrected chi connectivity index (χ4v) is 3.16. The largest absolute Gasteiger partial charge is 0.392 e. The van der Waals surface area contributed by atoms with Crippen LogP contribution in [0.15, 0.2) is 108 Å². The van der Waals surface area contributed by atoms with Gasteiger partial charge in [-0.15, -0.1) is 44.1 Å². The van der Waals surface area contributed by atoms with Crippen LogP contribution in [0.5, 0.6) is 0 Å². The van der Waals surface area contributed by atoms with Gasteiger partial charge in [-0.05, 0) is 16.7 Å². The van der Waals surface area contributed by atoms with Crippen molar-refractivity contribution < 1.29 is 37.0 Å². The molecule has 0 radical (unpaired) electrons. The molecule has 3 nitrogen and oxygen atoms in total. The summed E-state index contributed by atoms with van der Waals surface area (Å²) < 4.78 is 0. The molecule has 3 N–H and O–H groups in total. The maximum atomic E-state index is 8.54. The fraction of sp³-hybridized carbons (Fsp3) is 0.290. The van der Waals surface area contributed by atoms with Gasteiger partial charge in [-0.1, -0.05) is 124 Å². The first-order valence-corrected chi connectivity index (χ1v) is 11.5. The molecule has 0 saturated carbocycles. The molecular formula is C31H42Cl3O3Ti-. The van der Waals surface area contributed by atoms with Crippen molar-refractivity contribution in [2.75, 3.05) is 0 Å². The summed E-state index contributed by atoms with van der Waals surface area (Å²) in [7, 11) is 0. The standard InChI is InChI=1S/C10H15.3C7H8O.3ClH.Ti/c1-7-6-10(4,5)9(3)8(7)2;3*8-6-7-4-2-1-3-5-7;;;;/h1-5H3;3*1-5,8H,6H2;3*1H;/q-1;;;;;;;. The zero-order chi connectivity index (χ0) is 25.4. The Balaban J connectivity index is -0.000000197. The molecule has 0 heterocycles. The predicted molar refractivity (Wildman–Crippen MR) is 163 cm³/mol. The topological polar surface area (TPSA) is 60.7 Å². The third kappa shape index (κ3) is 17.2. The third-order valence-electron chi connectivity index (χ3n) is 5.64. The van der Waals surface area contributed by atoms with E-state index in [0.29, 0.717) is 0 Å². The number of benzene rings is 3. The van der Waals surface area contributed by atoms with Crippen LogP contribution in [0.2, 0.25) is 0 Å². The fourth-order valence-electron chi connectivity index (χ4n) is 3.16. The SMILES string of the molecule is CC1=[C-]C(C)(C)C(C)=C1C.Cl.Cl.Cl.OCc1ccccc1.OCc1ccccc1.OCc1ccccc1.[Ti]. The van der Waals surface area contributed by atoms with Crippen molar-refractivity contribution in [3.63, 3.8) is 0 Å². The molecule has 3 aromatic carbocycles. The molecule has 1 aliphatic carbocycles. The smallest absolute Gasteiger partial charge is 0.0681 e. The van der Waals surface area contributed by atoms with Crippen LogP contribution < -0.4 is 0 Å². The van der Waals surface area contributed by atoms with Crippen LogP contribution in [-0.2, 0) is 41.5 Å². The summed E-state index contributed by atoms with van der Waals surface area (Å²) in [6.07, 6.45) is 3.44. The van der Waals surface area contributed by atoms with Crippen molar-refractivity contribution in [3.8, 4) is 0 Å². The van der Waals surface area contributed by atoms with E-state index in [1.165, 1.54) is 16.7 Å². The van der Waals surface area contributed by atoms with E-state index >= 15 is 0 Å². The van der Waals surface area contributed by atoms with Gasteiger partial charge in [0.1, 0.15) is 0 Å². The second kappa shape index (κ2) is 24.6. The number of aliphatic hydroxyl groups is 3. The third-order valence-corrected chi connectivity index (χ3v) is 5.64. The monoisotopic (exact) mass is 615 g/mol. The molecule has 7 heteroatoms. The Hall–Kier alpha value is -1.40. The summed E-state index contributed by atoms with van der Waals surface area (Å²) in [6.45, 7) is 11.3. The van der Waals surface area contributed by atoms with Crippen molar-refractivity contribution in [1.29, 1.82) is 0 Å². The van der Waals surface area contributed by atoms with Gasteiger partial charge in [-0.3, -0.25) is 6.08 Å². The first-order chi connectivity index (χ1) is 16.2. The molecule has 210 valence electrons. The maximum absolute atomic E-state index is 8.54. The number of hydrogen-bond acceptors (Lipinski definition) is 3. The first-order valence-electron chi connectivity index (χ1n) is 11.5. The zero-order valence-electron chi connectivity index (χ0n) is 22.8. The summed E-state index contributed by atoms with van der Waals surface area (Å²) in [5.41, 5.74) is 7.29. The molecule has 4 rings (SSSR count). The molecule has 3 aromatic rings. The van der Waals surface area contributed by atoms with Gasteiger partial charge in [-0.2, -0.15) is 11.1 Å². The van der Waals surface area contributed by atoms with E-state index in [9.17, 15) is 0 Å². The average molecular weight is 617 g/mol. The Morgan fingerprint density at radius 2 is 0.816 bits per heavy atom. The summed E-state index contributed by atoms with van der Waals surface area (Å²) in [6, 6.07) is 28.6. The number of halogens is 3. The molecule has 1 aliphatic rings. The minimum absolute atomic E-state index is 0. The van der Waals surface area contributed by atoms with E-state index in [4.69, 9.17) is 15.3 Å². The molecule has 0 amide bonds. The van der Waals surface area contributed by atoms with Crippen LogP contribution in [0.25, 0.3) is 0 Å². The summed E-state index contributed by atoms with van der Waals surface area (Å²) in [5.74, 6) is 0. The van der Waals surface area contributed by atoms with E-state index in [2.05, 4.69) is 40.7 Å². The molecule has 38 heavy (non-hydrogen) atoms. The average Bonchev–Trinajstić information content (AvgIpc) is 3.07. The normalized spacial score (nSPS) is 11.9. The Bertz CT molecular complexity index is 916. The van der Waals surface area contributed by atoms with Gasteiger partial charge in [0.25, 0.3) is 0 Å². The van der Waals surface area contributed by atoms with Gasteiger partial charge < -0.3 is 15.3 Å². The Labute approximate surface area is 263 Å². The van der Waals surface area contributed by atoms with Crippen molar-refractivity contribution in [2.45, 2.75) is 54.4 Å². The molecule has 0 fully saturated rings. The van der Waals surface area contributed by atoms with Crippen LogP contribution in [0.4, 0.5) is 0 Å². The van der Waals surface area contributed by atoms with Gasteiger partial charge >= 0.3 is 0 Å². The Morgan fingerprint density at radius 1 is 0.553 bits per heavy atom. The second-order valence-corrected chi connectivity index (χ2v) is 8.56. The minimum atomic E-state index is 0. The van der Waals surface area contributed by atoms with E-state index in [-0.39, 0.29) is 84.2 Å². The summed E-state index contributed by atoms with van der Waals surface area (Å²) in [4.78, 5) is 0. The molecule has 0 saturated heterocycles. The van der Waals surface area contributed by atoms with E-state index < -0.39 is 0 Å². The van der Waals surface area contributed by atoms with Crippen molar-refractivity contribution >= 4 is 37.2 Å². The van der Waals surface area contributed by atoms with Crippen molar-refractivity contribution in [2.24, 2.45) is 5.41 Å². The zero-order valence-corrected chi connectivity index (χ0v) is 26.9. The number of allylic oxidation sites excluding steroid dienone is 4. The van der Waals surface area contributed by atoms with Gasteiger partial charge in [-0.25, -0.2) is 5.57 Å². The Kier molecular flexibility index (Phi) is 28.3. The van der Waals surface area contributed by atoms with Gasteiger partial charge in [0, 0.05) is 21.7 Å². The second-order valence-electron chi connectivity index (χ2n) is 8.56. The molecular weight excluding hydrogens is 575 g/mol. The molecule has 0 spiro atoms. The van der Waals surface area contributed by atoms with Crippen LogP contribution in [0.1, 0.15) is 51.3 Å². The van der Waals surface area contributed by atoms with E-state index in [1.54, 1.807) is 0 Å². The van der Waals surface area contributed by atoms with Crippen LogP contribution >= 0.6 is 37.2 Å². The van der Waals surface area contributed by atoms with Gasteiger partial charge in [0.2, 0.25) is 0 Å². The quantitative estimate of drug-likeness (QED) is 0.207. The van der Waals surface area contributed by atoms with Crippen LogP contribution in [-0.4, -0.2) is 15.3 Å². The minimum Gasteiger partial charge on any atom is -0.392 e. The summed E-state index contributed by atoms with van der Waals surface area (Å²) >= 11 is 0. The predicted octanol–water partition coefficient (Wildman–Crippen LogP) is 7.91. The number of hydrogen-bond donors (Lipinski definition) is 3. The van der Waals surface area contributed by atoms with Crippen molar-refractivity contribution in [3.05, 3.63) is 130 Å². The van der Waals surface area contributed by atoms with E-state index in [0.717, 1.165) is 16.7 Å². The van der Waals surface area contributed by atoms with Crippen LogP contribution in [0.3, 0.4) is 0 Å². The maximum Gasteiger partial charge on any atom is 0.0681 e. The molecule has 0 atom stereocenters. The molecule has 0 aromatic heterocycles. The number of rotatable bonds is 3. The number of aliphatic hydroxyl groups excluding tert-OH is 3. The Morgan fingerprint density at radius 3 is 0.921 bits per heavy atom. The van der Waals surface area contributed by atoms with Crippen LogP contribution in [0, 0.1) is 11.5 Å².